The number of para-hydroxylation sites is 1. The van der Waals surface area contributed by atoms with Gasteiger partial charge in [-0.25, -0.2) is 12.8 Å². The van der Waals surface area contributed by atoms with Crippen LogP contribution < -0.4 is 5.32 Å². The summed E-state index contributed by atoms with van der Waals surface area (Å²) in [5.74, 6) is -1.47. The minimum Gasteiger partial charge on any atom is -0.339 e. The van der Waals surface area contributed by atoms with Gasteiger partial charge in [0.25, 0.3) is 5.91 Å². The third-order valence-corrected chi connectivity index (χ3v) is 8.39. The molecular weight excluding hydrogens is 457 g/mol. The van der Waals surface area contributed by atoms with Gasteiger partial charge in [0.2, 0.25) is 15.9 Å². The molecular formula is C25H30FN3O4S. The second kappa shape index (κ2) is 10.7. The van der Waals surface area contributed by atoms with E-state index in [1.165, 1.54) is 16.4 Å². The van der Waals surface area contributed by atoms with E-state index in [1.807, 2.05) is 4.90 Å². The van der Waals surface area contributed by atoms with Gasteiger partial charge in [0.05, 0.1) is 22.1 Å². The Morgan fingerprint density at radius 1 is 0.882 bits per heavy atom. The Morgan fingerprint density at radius 3 is 2.26 bits per heavy atom. The number of benzene rings is 2. The van der Waals surface area contributed by atoms with Gasteiger partial charge in [-0.15, -0.1) is 0 Å². The first-order chi connectivity index (χ1) is 16.4. The summed E-state index contributed by atoms with van der Waals surface area (Å²) in [6, 6.07) is 11.7. The van der Waals surface area contributed by atoms with Crippen LogP contribution in [-0.4, -0.2) is 55.6 Å². The number of likely N-dealkylation sites (tertiary alicyclic amines) is 1. The minimum atomic E-state index is -3.83. The Balaban J connectivity index is 1.47. The van der Waals surface area contributed by atoms with Crippen LogP contribution in [0.4, 0.5) is 10.1 Å². The number of amides is 2. The van der Waals surface area contributed by atoms with Crippen LogP contribution in [0.3, 0.4) is 0 Å². The first-order valence-corrected chi connectivity index (χ1v) is 13.2. The van der Waals surface area contributed by atoms with E-state index in [-0.39, 0.29) is 23.3 Å². The van der Waals surface area contributed by atoms with Crippen molar-refractivity contribution in [1.29, 1.82) is 0 Å². The first-order valence-electron chi connectivity index (χ1n) is 11.8. The number of carbonyl (C=O) groups excluding carboxylic acids is 2. The predicted molar refractivity (Wildman–Crippen MR) is 127 cm³/mol. The lowest BCUT2D eigenvalue weighted by Gasteiger charge is -2.31. The van der Waals surface area contributed by atoms with Gasteiger partial charge in [0, 0.05) is 26.2 Å². The molecule has 4 rings (SSSR count). The highest BCUT2D eigenvalue weighted by molar-refractivity contribution is 7.89. The summed E-state index contributed by atoms with van der Waals surface area (Å²) in [4.78, 5) is 28.1. The van der Waals surface area contributed by atoms with E-state index >= 15 is 0 Å². The molecule has 7 nitrogen and oxygen atoms in total. The van der Waals surface area contributed by atoms with E-state index in [0.717, 1.165) is 37.8 Å². The smallest absolute Gasteiger partial charge is 0.255 e. The Labute approximate surface area is 200 Å². The molecule has 2 saturated heterocycles. The maximum atomic E-state index is 13.2. The van der Waals surface area contributed by atoms with E-state index in [4.69, 9.17) is 0 Å². The molecule has 1 N–H and O–H groups in total. The topological polar surface area (TPSA) is 86.8 Å². The lowest BCUT2D eigenvalue weighted by Crippen LogP contribution is -2.43. The summed E-state index contributed by atoms with van der Waals surface area (Å²) in [6.07, 6.45) is 5.25. The van der Waals surface area contributed by atoms with E-state index in [0.29, 0.717) is 43.7 Å². The van der Waals surface area contributed by atoms with Crippen LogP contribution in [0.1, 0.15) is 48.9 Å². The Morgan fingerprint density at radius 2 is 1.56 bits per heavy atom. The molecule has 0 bridgehead atoms. The summed E-state index contributed by atoms with van der Waals surface area (Å²) in [5.41, 5.74) is 0.893. The summed E-state index contributed by atoms with van der Waals surface area (Å²) < 4.78 is 40.5. The molecule has 0 unspecified atom stereocenters. The maximum Gasteiger partial charge on any atom is 0.255 e. The third kappa shape index (κ3) is 5.47. The summed E-state index contributed by atoms with van der Waals surface area (Å²) in [7, 11) is -3.83. The minimum absolute atomic E-state index is 0.00310. The molecule has 0 spiro atoms. The Hall–Kier alpha value is -2.78. The molecule has 1 atom stereocenters. The van der Waals surface area contributed by atoms with Crippen molar-refractivity contribution in [3.8, 4) is 0 Å². The van der Waals surface area contributed by atoms with Crippen molar-refractivity contribution in [3.05, 3.63) is 59.9 Å². The van der Waals surface area contributed by atoms with Crippen molar-refractivity contribution >= 4 is 27.5 Å². The van der Waals surface area contributed by atoms with Crippen LogP contribution in [0.15, 0.2) is 53.4 Å². The van der Waals surface area contributed by atoms with E-state index in [9.17, 15) is 22.4 Å². The fraction of sp³-hybridized carbons (Fsp3) is 0.440. The molecule has 0 aromatic heterocycles. The number of halogens is 1. The molecule has 182 valence electrons. The van der Waals surface area contributed by atoms with Crippen molar-refractivity contribution in [2.24, 2.45) is 5.92 Å². The standard InChI is InChI=1S/C25H30FN3O4S/c26-20-11-13-21(14-12-20)34(32,33)29-17-7-8-19(18-29)24(30)27-23-10-4-3-9-22(23)25(31)28-15-5-1-2-6-16-28/h3-4,9-14,19H,1-2,5-8,15-18H2,(H,27,30)/t19-/m0/s1. The van der Waals surface area contributed by atoms with Crippen molar-refractivity contribution < 1.29 is 22.4 Å². The van der Waals surface area contributed by atoms with Crippen molar-refractivity contribution in [2.75, 3.05) is 31.5 Å². The van der Waals surface area contributed by atoms with Crippen LogP contribution >= 0.6 is 0 Å². The highest BCUT2D eigenvalue weighted by atomic mass is 32.2. The van der Waals surface area contributed by atoms with Crippen LogP contribution in [-0.2, 0) is 14.8 Å². The van der Waals surface area contributed by atoms with Gasteiger partial charge in [-0.1, -0.05) is 25.0 Å². The number of sulfonamides is 1. The van der Waals surface area contributed by atoms with Gasteiger partial charge in [0.15, 0.2) is 0 Å². The number of rotatable bonds is 5. The molecule has 2 fully saturated rings. The highest BCUT2D eigenvalue weighted by Crippen LogP contribution is 2.26. The average Bonchev–Trinajstić information content (AvgIpc) is 3.14. The zero-order valence-electron chi connectivity index (χ0n) is 19.1. The van der Waals surface area contributed by atoms with Crippen LogP contribution in [0.2, 0.25) is 0 Å². The first kappa shape index (κ1) is 24.3. The van der Waals surface area contributed by atoms with Crippen molar-refractivity contribution in [3.63, 3.8) is 0 Å². The number of nitrogens with zero attached hydrogens (tertiary/aromatic N) is 2. The van der Waals surface area contributed by atoms with E-state index in [2.05, 4.69) is 5.32 Å². The van der Waals surface area contributed by atoms with E-state index < -0.39 is 21.8 Å². The zero-order valence-corrected chi connectivity index (χ0v) is 19.9. The highest BCUT2D eigenvalue weighted by Gasteiger charge is 2.34. The van der Waals surface area contributed by atoms with Gasteiger partial charge in [-0.05, 0) is 62.1 Å². The van der Waals surface area contributed by atoms with Gasteiger partial charge in [-0.2, -0.15) is 4.31 Å². The molecule has 2 aromatic carbocycles. The summed E-state index contributed by atoms with van der Waals surface area (Å²) in [6.45, 7) is 1.75. The molecule has 2 aliphatic heterocycles. The van der Waals surface area contributed by atoms with Crippen LogP contribution in [0, 0.1) is 11.7 Å². The average molecular weight is 488 g/mol. The third-order valence-electron chi connectivity index (χ3n) is 6.51. The molecule has 0 saturated carbocycles. The normalized spacial score (nSPS) is 19.9. The fourth-order valence-electron chi connectivity index (χ4n) is 4.59. The number of nitrogens with one attached hydrogen (secondary N) is 1. The zero-order chi connectivity index (χ0) is 24.1. The molecule has 0 aliphatic carbocycles. The Bertz CT molecular complexity index is 1130. The number of piperidine rings is 1. The number of hydrogen-bond acceptors (Lipinski definition) is 4. The number of carbonyl (C=O) groups is 2. The second-order valence-electron chi connectivity index (χ2n) is 8.90. The SMILES string of the molecule is O=C(Nc1ccccc1C(=O)N1CCCCCC1)[C@H]1CCCN(S(=O)(=O)c2ccc(F)cc2)C1. The van der Waals surface area contributed by atoms with Gasteiger partial charge in [0.1, 0.15) is 5.82 Å². The summed E-state index contributed by atoms with van der Waals surface area (Å²) >= 11 is 0. The molecule has 34 heavy (non-hydrogen) atoms. The number of anilines is 1. The monoisotopic (exact) mass is 487 g/mol. The van der Waals surface area contributed by atoms with Crippen molar-refractivity contribution in [2.45, 2.75) is 43.4 Å². The maximum absolute atomic E-state index is 13.2. The fourth-order valence-corrected chi connectivity index (χ4v) is 6.11. The van der Waals surface area contributed by atoms with Crippen LogP contribution in [0.5, 0.6) is 0 Å². The lowest BCUT2D eigenvalue weighted by atomic mass is 9.98. The van der Waals surface area contributed by atoms with Crippen molar-refractivity contribution in [1.82, 2.24) is 9.21 Å². The van der Waals surface area contributed by atoms with Crippen LogP contribution in [0.25, 0.3) is 0 Å². The second-order valence-corrected chi connectivity index (χ2v) is 10.8. The van der Waals surface area contributed by atoms with Gasteiger partial charge in [-0.3, -0.25) is 9.59 Å². The summed E-state index contributed by atoms with van der Waals surface area (Å²) in [5, 5.41) is 2.88. The molecule has 2 heterocycles. The Kier molecular flexibility index (Phi) is 7.63. The molecule has 2 aromatic rings. The van der Waals surface area contributed by atoms with Gasteiger partial charge < -0.3 is 10.2 Å². The molecule has 9 heteroatoms. The molecule has 0 radical (unpaired) electrons. The quantitative estimate of drug-likeness (QED) is 0.694. The lowest BCUT2D eigenvalue weighted by molar-refractivity contribution is -0.120. The largest absolute Gasteiger partial charge is 0.339 e. The molecule has 2 amide bonds. The van der Waals surface area contributed by atoms with Gasteiger partial charge >= 0.3 is 0 Å². The predicted octanol–water partition coefficient (Wildman–Crippen LogP) is 3.88. The van der Waals surface area contributed by atoms with E-state index in [1.54, 1.807) is 24.3 Å². The number of hydrogen-bond donors (Lipinski definition) is 1. The molecule has 2 aliphatic rings.